The minimum absolute atomic E-state index is 0.188. The van der Waals surface area contributed by atoms with Crippen molar-refractivity contribution in [3.8, 4) is 5.75 Å². The van der Waals surface area contributed by atoms with Crippen molar-refractivity contribution in [1.82, 2.24) is 0 Å². The zero-order valence-corrected chi connectivity index (χ0v) is 13.7. The molecular weight excluding hydrogens is 284 g/mol. The SMILES string of the molecule is CC(C)(Oc1ccc(S(=O)C2CCCCC2)cc1)C1CO1. The summed E-state index contributed by atoms with van der Waals surface area (Å²) in [5.74, 6) is 0.819. The molecule has 2 atom stereocenters. The zero-order chi connectivity index (χ0) is 14.9. The van der Waals surface area contributed by atoms with E-state index in [9.17, 15) is 4.21 Å². The summed E-state index contributed by atoms with van der Waals surface area (Å²) in [4.78, 5) is 0.926. The molecule has 3 rings (SSSR count). The molecule has 2 unspecified atom stereocenters. The first-order valence-electron chi connectivity index (χ1n) is 7.87. The third kappa shape index (κ3) is 3.67. The van der Waals surface area contributed by atoms with E-state index in [4.69, 9.17) is 9.47 Å². The van der Waals surface area contributed by atoms with Crippen LogP contribution in [0.4, 0.5) is 0 Å². The molecule has 1 aliphatic heterocycles. The quantitative estimate of drug-likeness (QED) is 0.779. The van der Waals surface area contributed by atoms with Crippen molar-refractivity contribution < 1.29 is 13.7 Å². The van der Waals surface area contributed by atoms with Crippen LogP contribution in [-0.2, 0) is 15.5 Å². The average molecular weight is 308 g/mol. The Labute approximate surface area is 129 Å². The molecule has 3 nitrogen and oxygen atoms in total. The molecule has 0 amide bonds. The van der Waals surface area contributed by atoms with E-state index in [0.29, 0.717) is 5.25 Å². The molecule has 1 aromatic rings. The summed E-state index contributed by atoms with van der Waals surface area (Å²) in [5, 5.41) is 0.335. The van der Waals surface area contributed by atoms with Crippen LogP contribution in [0, 0.1) is 0 Å². The Morgan fingerprint density at radius 2 is 1.76 bits per heavy atom. The van der Waals surface area contributed by atoms with E-state index >= 15 is 0 Å². The first kappa shape index (κ1) is 15.0. The third-order valence-electron chi connectivity index (χ3n) is 4.40. The summed E-state index contributed by atoms with van der Waals surface area (Å²) in [6.07, 6.45) is 6.10. The van der Waals surface area contributed by atoms with Gasteiger partial charge < -0.3 is 9.47 Å². The second-order valence-corrected chi connectivity index (χ2v) is 8.29. The lowest BCUT2D eigenvalue weighted by Crippen LogP contribution is -2.34. The second-order valence-electron chi connectivity index (χ2n) is 6.56. The van der Waals surface area contributed by atoms with Crippen molar-refractivity contribution in [2.24, 2.45) is 0 Å². The molecule has 21 heavy (non-hydrogen) atoms. The molecular formula is C17H24O3S. The number of hydrogen-bond acceptors (Lipinski definition) is 3. The molecule has 1 saturated heterocycles. The van der Waals surface area contributed by atoms with Crippen LogP contribution in [0.25, 0.3) is 0 Å². The van der Waals surface area contributed by atoms with Crippen LogP contribution in [0.1, 0.15) is 46.0 Å². The van der Waals surface area contributed by atoms with Gasteiger partial charge >= 0.3 is 0 Å². The van der Waals surface area contributed by atoms with Gasteiger partial charge in [0, 0.05) is 10.1 Å². The van der Waals surface area contributed by atoms with Gasteiger partial charge in [-0.2, -0.15) is 0 Å². The van der Waals surface area contributed by atoms with Gasteiger partial charge in [0.2, 0.25) is 0 Å². The first-order valence-corrected chi connectivity index (χ1v) is 9.09. The van der Waals surface area contributed by atoms with Crippen LogP contribution in [-0.4, -0.2) is 27.8 Å². The minimum atomic E-state index is -0.878. The van der Waals surface area contributed by atoms with E-state index < -0.39 is 10.8 Å². The molecule has 1 saturated carbocycles. The Balaban J connectivity index is 1.64. The summed E-state index contributed by atoms with van der Waals surface area (Å²) in [6.45, 7) is 4.86. The summed E-state index contributed by atoms with van der Waals surface area (Å²) in [5.41, 5.74) is -0.302. The Kier molecular flexibility index (Phi) is 4.36. The normalized spacial score (nSPS) is 24.6. The van der Waals surface area contributed by atoms with Crippen molar-refractivity contribution in [3.63, 3.8) is 0 Å². The van der Waals surface area contributed by atoms with Gasteiger partial charge in [-0.3, -0.25) is 4.21 Å². The van der Waals surface area contributed by atoms with E-state index in [0.717, 1.165) is 30.1 Å². The maximum atomic E-state index is 12.6. The van der Waals surface area contributed by atoms with Crippen molar-refractivity contribution >= 4 is 10.8 Å². The van der Waals surface area contributed by atoms with Crippen LogP contribution < -0.4 is 4.74 Å². The fraction of sp³-hybridized carbons (Fsp3) is 0.647. The smallest absolute Gasteiger partial charge is 0.132 e. The van der Waals surface area contributed by atoms with Gasteiger partial charge in [-0.1, -0.05) is 19.3 Å². The average Bonchev–Trinajstić information content (AvgIpc) is 3.33. The predicted octanol–water partition coefficient (Wildman–Crippen LogP) is 3.68. The predicted molar refractivity (Wildman–Crippen MR) is 84.2 cm³/mol. The summed E-state index contributed by atoms with van der Waals surface area (Å²) < 4.78 is 23.9. The summed E-state index contributed by atoms with van der Waals surface area (Å²) in [6, 6.07) is 7.76. The van der Waals surface area contributed by atoms with Crippen molar-refractivity contribution in [2.45, 2.75) is 67.8 Å². The van der Waals surface area contributed by atoms with E-state index in [-0.39, 0.29) is 11.7 Å². The standard InChI is InChI=1S/C17H24O3S/c1-17(2,16-12-19-16)20-13-8-10-15(11-9-13)21(18)14-6-4-3-5-7-14/h8-11,14,16H,3-7,12H2,1-2H3. The number of benzene rings is 1. The highest BCUT2D eigenvalue weighted by Crippen LogP contribution is 2.31. The number of ether oxygens (including phenoxy) is 2. The Morgan fingerprint density at radius 3 is 2.33 bits per heavy atom. The lowest BCUT2D eigenvalue weighted by molar-refractivity contribution is 0.0743. The third-order valence-corrected chi connectivity index (χ3v) is 6.21. The highest BCUT2D eigenvalue weighted by molar-refractivity contribution is 7.85. The van der Waals surface area contributed by atoms with Crippen LogP contribution in [0.2, 0.25) is 0 Å². The van der Waals surface area contributed by atoms with E-state index in [2.05, 4.69) is 0 Å². The number of hydrogen-bond donors (Lipinski definition) is 0. The largest absolute Gasteiger partial charge is 0.485 e. The highest BCUT2D eigenvalue weighted by atomic mass is 32.2. The summed E-state index contributed by atoms with van der Waals surface area (Å²) in [7, 11) is -0.878. The first-order chi connectivity index (χ1) is 10.1. The van der Waals surface area contributed by atoms with Gasteiger partial charge in [0.25, 0.3) is 0 Å². The fourth-order valence-electron chi connectivity index (χ4n) is 2.93. The van der Waals surface area contributed by atoms with Crippen molar-refractivity contribution in [1.29, 1.82) is 0 Å². The summed E-state index contributed by atoms with van der Waals surface area (Å²) >= 11 is 0. The van der Waals surface area contributed by atoms with Gasteiger partial charge in [0.1, 0.15) is 17.5 Å². The monoisotopic (exact) mass is 308 g/mol. The lowest BCUT2D eigenvalue weighted by atomic mass is 10.0. The van der Waals surface area contributed by atoms with Gasteiger partial charge in [-0.05, 0) is 51.0 Å². The Bertz CT molecular complexity index is 499. The van der Waals surface area contributed by atoms with Crippen molar-refractivity contribution in [3.05, 3.63) is 24.3 Å². The van der Waals surface area contributed by atoms with Crippen molar-refractivity contribution in [2.75, 3.05) is 6.61 Å². The molecule has 0 radical (unpaired) electrons. The molecule has 0 aromatic heterocycles. The second kappa shape index (κ2) is 6.09. The Morgan fingerprint density at radius 1 is 1.14 bits per heavy atom. The van der Waals surface area contributed by atoms with Crippen LogP contribution in [0.15, 0.2) is 29.2 Å². The molecule has 0 bridgehead atoms. The molecule has 4 heteroatoms. The molecule has 1 heterocycles. The zero-order valence-electron chi connectivity index (χ0n) is 12.8. The maximum Gasteiger partial charge on any atom is 0.132 e. The van der Waals surface area contributed by atoms with E-state index in [1.54, 1.807) is 0 Å². The molecule has 1 aromatic carbocycles. The molecule has 0 N–H and O–H groups in total. The maximum absolute atomic E-state index is 12.6. The number of rotatable bonds is 5. The lowest BCUT2D eigenvalue weighted by Gasteiger charge is -2.25. The highest BCUT2D eigenvalue weighted by Gasteiger charge is 2.41. The van der Waals surface area contributed by atoms with Gasteiger partial charge in [-0.25, -0.2) is 0 Å². The molecule has 2 fully saturated rings. The fourth-order valence-corrected chi connectivity index (χ4v) is 4.48. The molecule has 0 spiro atoms. The van der Waals surface area contributed by atoms with Crippen LogP contribution in [0.5, 0.6) is 5.75 Å². The molecule has 1 aliphatic carbocycles. The number of epoxide rings is 1. The van der Waals surface area contributed by atoms with Gasteiger partial charge in [0.15, 0.2) is 0 Å². The van der Waals surface area contributed by atoms with Gasteiger partial charge in [-0.15, -0.1) is 0 Å². The van der Waals surface area contributed by atoms with E-state index in [1.807, 2.05) is 38.1 Å². The molecule has 116 valence electrons. The topological polar surface area (TPSA) is 38.8 Å². The molecule has 2 aliphatic rings. The van der Waals surface area contributed by atoms with E-state index in [1.165, 1.54) is 19.3 Å². The van der Waals surface area contributed by atoms with Crippen LogP contribution >= 0.6 is 0 Å². The minimum Gasteiger partial charge on any atom is -0.485 e. The Hall–Kier alpha value is -0.870. The van der Waals surface area contributed by atoms with Crippen LogP contribution in [0.3, 0.4) is 0 Å². The van der Waals surface area contributed by atoms with Gasteiger partial charge in [0.05, 0.1) is 17.4 Å².